The van der Waals surface area contributed by atoms with E-state index in [1.54, 1.807) is 30.1 Å². The second-order valence-electron chi connectivity index (χ2n) is 13.2. The standard InChI is InChI=1S/C43H43ClN4O7/c1-47(25-28-55-32-17-15-31(16-18-32)39(30-11-6-3-7-12-30)33(21-23-44)29-9-4-2-5-10-29)38(50)22-26-54-27-24-45-35-14-8-13-34-40(35)43(53)48(42(34)52)36-19-20-37(49)46-41(36)51/h2-18,36,45H,19-28H2,1H3,(H,46,49,51)/b39-33-. The van der Waals surface area contributed by atoms with Crippen molar-refractivity contribution >= 4 is 58.0 Å². The molecule has 2 aliphatic heterocycles. The summed E-state index contributed by atoms with van der Waals surface area (Å²) < 4.78 is 11.7. The minimum absolute atomic E-state index is 0.0502. The summed E-state index contributed by atoms with van der Waals surface area (Å²) in [5.74, 6) is -1.13. The molecule has 0 aromatic heterocycles. The van der Waals surface area contributed by atoms with Gasteiger partial charge in [0.15, 0.2) is 0 Å². The number of halogens is 1. The molecule has 12 heteroatoms. The van der Waals surface area contributed by atoms with E-state index >= 15 is 0 Å². The number of nitrogens with one attached hydrogen (secondary N) is 2. The Morgan fingerprint density at radius 3 is 2.20 bits per heavy atom. The lowest BCUT2D eigenvalue weighted by atomic mass is 9.88. The Hall–Kier alpha value is -5.78. The molecule has 4 aromatic carbocycles. The predicted molar refractivity (Wildman–Crippen MR) is 211 cm³/mol. The van der Waals surface area contributed by atoms with Gasteiger partial charge in [-0.2, -0.15) is 0 Å². The Balaban J connectivity index is 0.947. The third-order valence-corrected chi connectivity index (χ3v) is 9.77. The van der Waals surface area contributed by atoms with Crippen molar-refractivity contribution in [2.75, 3.05) is 51.2 Å². The zero-order valence-electron chi connectivity index (χ0n) is 30.6. The molecule has 11 nitrogen and oxygen atoms in total. The summed E-state index contributed by atoms with van der Waals surface area (Å²) in [7, 11) is 1.72. The number of anilines is 1. The van der Waals surface area contributed by atoms with Crippen molar-refractivity contribution in [3.63, 3.8) is 0 Å². The predicted octanol–water partition coefficient (Wildman–Crippen LogP) is 6.03. The number of carbonyl (C=O) groups is 5. The van der Waals surface area contributed by atoms with Crippen molar-refractivity contribution in [2.45, 2.75) is 31.7 Å². The lowest BCUT2D eigenvalue weighted by Gasteiger charge is -2.27. The topological polar surface area (TPSA) is 134 Å². The fraction of sp³-hybridized carbons (Fsp3) is 0.279. The van der Waals surface area contributed by atoms with Gasteiger partial charge >= 0.3 is 0 Å². The van der Waals surface area contributed by atoms with Crippen molar-refractivity contribution in [2.24, 2.45) is 0 Å². The lowest BCUT2D eigenvalue weighted by molar-refractivity contribution is -0.136. The molecule has 0 aliphatic carbocycles. The van der Waals surface area contributed by atoms with Gasteiger partial charge in [-0.25, -0.2) is 0 Å². The van der Waals surface area contributed by atoms with Crippen LogP contribution in [0.2, 0.25) is 0 Å². The summed E-state index contributed by atoms with van der Waals surface area (Å²) >= 11 is 6.29. The average Bonchev–Trinajstić information content (AvgIpc) is 3.46. The highest BCUT2D eigenvalue weighted by molar-refractivity contribution is 6.25. The zero-order valence-corrected chi connectivity index (χ0v) is 31.3. The van der Waals surface area contributed by atoms with E-state index in [0.717, 1.165) is 27.2 Å². The minimum Gasteiger partial charge on any atom is -0.492 e. The number of alkyl halides is 1. The van der Waals surface area contributed by atoms with E-state index in [1.807, 2.05) is 48.5 Å². The molecule has 4 aromatic rings. The smallest absolute Gasteiger partial charge is 0.264 e. The monoisotopic (exact) mass is 762 g/mol. The number of hydrogen-bond acceptors (Lipinski definition) is 8. The van der Waals surface area contributed by atoms with Gasteiger partial charge in [0.25, 0.3) is 11.8 Å². The van der Waals surface area contributed by atoms with Crippen LogP contribution in [0.5, 0.6) is 5.75 Å². The molecule has 0 radical (unpaired) electrons. The van der Waals surface area contributed by atoms with Crippen LogP contribution in [-0.4, -0.2) is 91.2 Å². The van der Waals surface area contributed by atoms with Gasteiger partial charge < -0.3 is 19.7 Å². The highest BCUT2D eigenvalue weighted by Gasteiger charge is 2.45. The first-order chi connectivity index (χ1) is 26.8. The Morgan fingerprint density at radius 2 is 1.51 bits per heavy atom. The van der Waals surface area contributed by atoms with Crippen LogP contribution in [0, 0.1) is 0 Å². The van der Waals surface area contributed by atoms with Crippen LogP contribution >= 0.6 is 11.6 Å². The maximum Gasteiger partial charge on any atom is 0.264 e. The van der Waals surface area contributed by atoms with Crippen LogP contribution in [0.4, 0.5) is 5.69 Å². The maximum absolute atomic E-state index is 13.3. The number of likely N-dealkylation sites (N-methyl/N-ethyl adjacent to an activating group) is 1. The van der Waals surface area contributed by atoms with Crippen molar-refractivity contribution in [3.8, 4) is 5.75 Å². The van der Waals surface area contributed by atoms with Crippen LogP contribution in [0.15, 0.2) is 103 Å². The second-order valence-corrected chi connectivity index (χ2v) is 13.6. The summed E-state index contributed by atoms with van der Waals surface area (Å²) in [6.07, 6.45) is 1.03. The van der Waals surface area contributed by atoms with E-state index in [-0.39, 0.29) is 49.5 Å². The SMILES string of the molecule is CN(CCOc1ccc(/C(=C(/CCCl)c2ccccc2)c2ccccc2)cc1)C(=O)CCOCCNc1cccc2c1C(=O)N(C1CCC(=O)NC1=O)C2=O. The molecule has 2 N–H and O–H groups in total. The summed E-state index contributed by atoms with van der Waals surface area (Å²) in [4.78, 5) is 65.6. The highest BCUT2D eigenvalue weighted by Crippen LogP contribution is 2.36. The lowest BCUT2D eigenvalue weighted by Crippen LogP contribution is -2.54. The number of ether oxygens (including phenoxy) is 2. The molecule has 55 heavy (non-hydrogen) atoms. The molecule has 284 valence electrons. The molecule has 0 saturated carbocycles. The van der Waals surface area contributed by atoms with Gasteiger partial charge in [0.05, 0.1) is 37.3 Å². The van der Waals surface area contributed by atoms with Gasteiger partial charge in [0.2, 0.25) is 17.7 Å². The molecule has 1 fully saturated rings. The fourth-order valence-corrected chi connectivity index (χ4v) is 6.97. The summed E-state index contributed by atoms with van der Waals surface area (Å²) in [6.45, 7) is 1.48. The second kappa shape index (κ2) is 18.5. The van der Waals surface area contributed by atoms with Crippen LogP contribution in [-0.2, 0) is 19.1 Å². The van der Waals surface area contributed by atoms with E-state index < -0.39 is 29.7 Å². The van der Waals surface area contributed by atoms with Crippen LogP contribution in [0.3, 0.4) is 0 Å². The third-order valence-electron chi connectivity index (χ3n) is 9.59. The minimum atomic E-state index is -1.04. The number of imide groups is 2. The third kappa shape index (κ3) is 9.30. The average molecular weight is 763 g/mol. The van der Waals surface area contributed by atoms with Gasteiger partial charge in [-0.3, -0.25) is 34.2 Å². The maximum atomic E-state index is 13.3. The van der Waals surface area contributed by atoms with E-state index in [0.29, 0.717) is 43.4 Å². The van der Waals surface area contributed by atoms with Gasteiger partial charge in [-0.15, -0.1) is 11.6 Å². The molecule has 0 bridgehead atoms. The number of rotatable bonds is 17. The van der Waals surface area contributed by atoms with Crippen molar-refractivity contribution in [3.05, 3.63) is 131 Å². The zero-order chi connectivity index (χ0) is 38.7. The number of allylic oxidation sites excluding steroid dienone is 1. The molecule has 1 saturated heterocycles. The first-order valence-corrected chi connectivity index (χ1v) is 18.8. The molecule has 0 spiro atoms. The summed E-state index contributed by atoms with van der Waals surface area (Å²) in [5.41, 5.74) is 6.40. The number of fused-ring (bicyclic) bond motifs is 1. The molecular weight excluding hydrogens is 720 g/mol. The summed E-state index contributed by atoms with van der Waals surface area (Å²) in [6, 6.07) is 32.4. The molecule has 6 rings (SSSR count). The van der Waals surface area contributed by atoms with Gasteiger partial charge in [0.1, 0.15) is 18.4 Å². The first-order valence-electron chi connectivity index (χ1n) is 18.3. The van der Waals surface area contributed by atoms with Gasteiger partial charge in [-0.05, 0) is 64.9 Å². The number of hydrogen-bond donors (Lipinski definition) is 2. The van der Waals surface area contributed by atoms with Gasteiger partial charge in [-0.1, -0.05) is 78.9 Å². The van der Waals surface area contributed by atoms with Gasteiger partial charge in [0, 0.05) is 31.6 Å². The van der Waals surface area contributed by atoms with Crippen LogP contribution in [0.25, 0.3) is 11.1 Å². The van der Waals surface area contributed by atoms with E-state index in [2.05, 4.69) is 47.0 Å². The fourth-order valence-electron chi connectivity index (χ4n) is 6.78. The van der Waals surface area contributed by atoms with Crippen LogP contribution < -0.4 is 15.4 Å². The molecule has 1 unspecified atom stereocenters. The Kier molecular flexibility index (Phi) is 13.1. The number of carbonyl (C=O) groups excluding carboxylic acids is 5. The van der Waals surface area contributed by atoms with E-state index in [4.69, 9.17) is 21.1 Å². The Bertz CT molecular complexity index is 2050. The Labute approximate surface area is 325 Å². The molecule has 1 atom stereocenters. The number of amides is 5. The Morgan fingerprint density at radius 1 is 0.818 bits per heavy atom. The quantitative estimate of drug-likeness (QED) is 0.0577. The molecule has 5 amide bonds. The van der Waals surface area contributed by atoms with Crippen molar-refractivity contribution < 1.29 is 33.4 Å². The van der Waals surface area contributed by atoms with Crippen LogP contribution in [0.1, 0.15) is 63.1 Å². The molecule has 2 aliphatic rings. The van der Waals surface area contributed by atoms with Crippen molar-refractivity contribution in [1.82, 2.24) is 15.1 Å². The number of nitrogens with zero attached hydrogens (tertiary/aromatic N) is 2. The normalized spacial score (nSPS) is 15.7. The summed E-state index contributed by atoms with van der Waals surface area (Å²) in [5, 5.41) is 5.33. The number of piperidine rings is 1. The first kappa shape index (κ1) is 38.9. The van der Waals surface area contributed by atoms with E-state index in [1.165, 1.54) is 5.57 Å². The van der Waals surface area contributed by atoms with E-state index in [9.17, 15) is 24.0 Å². The molecular formula is C43H43ClN4O7. The molecule has 2 heterocycles. The van der Waals surface area contributed by atoms with Crippen molar-refractivity contribution in [1.29, 1.82) is 0 Å². The number of benzene rings is 4. The highest BCUT2D eigenvalue weighted by atomic mass is 35.5. The largest absolute Gasteiger partial charge is 0.492 e.